The Morgan fingerprint density at radius 1 is 0.437 bits per heavy atom. The number of aliphatic hydroxyl groups is 1. The summed E-state index contributed by atoms with van der Waals surface area (Å²) in [6, 6.07) is 36.9. The molecule has 37 heteroatoms. The first-order valence-corrected chi connectivity index (χ1v) is 44.4. The van der Waals surface area contributed by atoms with Crippen LogP contribution in [-0.4, -0.2) is 189 Å². The van der Waals surface area contributed by atoms with E-state index in [2.05, 4.69) is 45.5 Å². The van der Waals surface area contributed by atoms with Crippen LogP contribution in [0.1, 0.15) is 146 Å². The molecule has 30 nitrogen and oxygen atoms in total. The minimum absolute atomic E-state index is 0.00912. The van der Waals surface area contributed by atoms with E-state index in [1.54, 1.807) is 62.4 Å². The van der Waals surface area contributed by atoms with Crippen molar-refractivity contribution < 1.29 is 98.7 Å². The molecule has 3 heterocycles. The Hall–Kier alpha value is -8.35. The fraction of sp³-hybridized carbons (Fsp3) is 0.415. The van der Waals surface area contributed by atoms with Crippen molar-refractivity contribution in [2.24, 2.45) is 0 Å². The summed E-state index contributed by atoms with van der Waals surface area (Å²) in [6.07, 6.45) is 6.75. The minimum Gasteiger partial charge on any atom is -0.489 e. The summed E-state index contributed by atoms with van der Waals surface area (Å²) in [5, 5.41) is 29.1. The van der Waals surface area contributed by atoms with Crippen molar-refractivity contribution >= 4 is 121 Å². The zero-order valence-electron chi connectivity index (χ0n) is 69.3. The maximum Gasteiger partial charge on any atom is 0.474 e. The largest absolute Gasteiger partial charge is 0.489 e. The normalized spacial score (nSPS) is 15.8. The van der Waals surface area contributed by atoms with E-state index in [9.17, 15) is 47.6 Å². The number of ketones is 3. The molecule has 0 radical (unpaired) electrons. The van der Waals surface area contributed by atoms with E-state index in [0.717, 1.165) is 50.5 Å². The topological polar surface area (TPSA) is 379 Å². The number of hydrogen-bond donors (Lipinski definition) is 9. The van der Waals surface area contributed by atoms with Crippen LogP contribution in [0.4, 0.5) is 0 Å². The molecule has 0 saturated carbocycles. The zero-order chi connectivity index (χ0) is 88.2. The van der Waals surface area contributed by atoms with E-state index in [0.29, 0.717) is 81.1 Å². The summed E-state index contributed by atoms with van der Waals surface area (Å²) in [7, 11) is 2.16. The van der Waals surface area contributed by atoms with E-state index in [-0.39, 0.29) is 104 Å². The second-order valence-electron chi connectivity index (χ2n) is 28.6. The summed E-state index contributed by atoms with van der Waals surface area (Å²) in [6.45, 7) is 12.5. The lowest BCUT2D eigenvalue weighted by Crippen LogP contribution is -2.39. The predicted octanol–water partition coefficient (Wildman–Crippen LogP) is 14.0. The van der Waals surface area contributed by atoms with Crippen molar-refractivity contribution in [3.05, 3.63) is 211 Å². The fourth-order valence-electron chi connectivity index (χ4n) is 12.1. The number of amides is 3. The molecule has 6 atom stereocenters. The van der Waals surface area contributed by atoms with Gasteiger partial charge in [-0.2, -0.15) is 0 Å². The predicted molar refractivity (Wildman–Crippen MR) is 460 cm³/mol. The van der Waals surface area contributed by atoms with Crippen LogP contribution in [0.5, 0.6) is 17.2 Å². The second kappa shape index (κ2) is 47.2. The molecule has 3 aliphatic heterocycles. The first-order valence-electron chi connectivity index (χ1n) is 37.9. The maximum absolute atomic E-state index is 13.1. The summed E-state index contributed by atoms with van der Waals surface area (Å²) in [4.78, 5) is 97.9. The van der Waals surface area contributed by atoms with Crippen LogP contribution in [0.2, 0.25) is 15.1 Å². The van der Waals surface area contributed by atoms with Gasteiger partial charge in [0.15, 0.2) is 35.8 Å². The number of nitrogens with one attached hydrogen (secondary N) is 6. The van der Waals surface area contributed by atoms with E-state index in [1.165, 1.54) is 41.4 Å². The monoisotopic (exact) mass is 1790 g/mol. The molecule has 119 heavy (non-hydrogen) atoms. The highest BCUT2D eigenvalue weighted by Gasteiger charge is 2.31. The lowest BCUT2D eigenvalue weighted by atomic mass is 10.0. The van der Waals surface area contributed by atoms with Crippen LogP contribution in [0.15, 0.2) is 146 Å². The van der Waals surface area contributed by atoms with E-state index in [1.807, 2.05) is 169 Å². The van der Waals surface area contributed by atoms with Crippen molar-refractivity contribution in [1.29, 1.82) is 0 Å². The molecule has 0 saturated heterocycles. The van der Waals surface area contributed by atoms with Crippen LogP contribution in [0.3, 0.4) is 0 Å². The molecule has 3 amide bonds. The third-order valence-corrected chi connectivity index (χ3v) is 22.5. The molecular formula is C82H108Cl4N9O21P3. The molecule has 9 rings (SSSR count). The average Bonchev–Trinajstić information content (AvgIpc) is 1.79. The van der Waals surface area contributed by atoms with Crippen molar-refractivity contribution in [3.63, 3.8) is 0 Å². The molecule has 0 spiro atoms. The number of Topliss-reactive ketones (excluding diaryl/α,β-unsaturated/α-hetero) is 3. The SMILES string of the molecule is CC(=O)C1NC(c2ccc(C[C@@H](CCO)NC(=O)c3ccc(OC(C)C)c(Cl)c3)cc2)=CN1C.CC(=O)C1NC(c2ccc(C[C@@H](CCOP(=O)(O)O)NC(=O)c3ccc(OC(C)C)c(Cl)c3)cc2)=CN1C.COP(=O)(Cl)OC.COP(=O)(OC)OCC[C@H](Cc1ccc(C2=CN(C)C(C(C)=O)N2)cc1)NC(=O)c1ccc(OC(C)C)c(Cl)c1. The highest BCUT2D eigenvalue weighted by molar-refractivity contribution is 7.81. The van der Waals surface area contributed by atoms with Gasteiger partial charge < -0.3 is 84.8 Å². The summed E-state index contributed by atoms with van der Waals surface area (Å²) < 4.78 is 78.6. The molecule has 0 aliphatic carbocycles. The molecule has 650 valence electrons. The van der Waals surface area contributed by atoms with Gasteiger partial charge in [-0.3, -0.25) is 46.9 Å². The number of benzene rings is 6. The van der Waals surface area contributed by atoms with Crippen LogP contribution in [0.25, 0.3) is 17.1 Å². The van der Waals surface area contributed by atoms with E-state index >= 15 is 0 Å². The first-order chi connectivity index (χ1) is 56.1. The number of carbonyl (C=O) groups is 6. The van der Waals surface area contributed by atoms with Crippen LogP contribution < -0.4 is 46.1 Å². The average molecular weight is 1790 g/mol. The smallest absolute Gasteiger partial charge is 0.474 e. The third kappa shape index (κ3) is 32.5. The van der Waals surface area contributed by atoms with Gasteiger partial charge in [-0.15, -0.1) is 0 Å². The second-order valence-corrected chi connectivity index (χ2v) is 35.8. The minimum atomic E-state index is -4.64. The number of ether oxygens (including phenoxy) is 3. The quantitative estimate of drug-likeness (QED) is 0.0163. The fourth-order valence-corrected chi connectivity index (χ4v) is 14.0. The Balaban J connectivity index is 0.000000266. The number of halogens is 4. The number of carbonyl (C=O) groups excluding carboxylic acids is 6. The van der Waals surface area contributed by atoms with Gasteiger partial charge in [0.25, 0.3) is 17.7 Å². The zero-order valence-corrected chi connectivity index (χ0v) is 75.0. The Morgan fingerprint density at radius 2 is 0.714 bits per heavy atom. The number of nitrogens with zero attached hydrogens (tertiary/aromatic N) is 3. The number of hydrogen-bond acceptors (Lipinski definition) is 25. The van der Waals surface area contributed by atoms with Crippen molar-refractivity contribution in [3.8, 4) is 17.2 Å². The highest BCUT2D eigenvalue weighted by Crippen LogP contribution is 2.51. The van der Waals surface area contributed by atoms with Gasteiger partial charge in [-0.1, -0.05) is 108 Å². The Kier molecular flexibility index (Phi) is 39.4. The first kappa shape index (κ1) is 99.5. The van der Waals surface area contributed by atoms with Gasteiger partial charge in [0, 0.05) is 121 Å². The molecule has 0 fully saturated rings. The van der Waals surface area contributed by atoms with E-state index < -0.39 is 34.8 Å². The van der Waals surface area contributed by atoms with Gasteiger partial charge in [0.05, 0.1) is 63.7 Å². The lowest BCUT2D eigenvalue weighted by molar-refractivity contribution is -0.121. The number of rotatable bonds is 38. The lowest BCUT2D eigenvalue weighted by Gasteiger charge is -2.21. The number of aliphatic hydroxyl groups excluding tert-OH is 1. The van der Waals surface area contributed by atoms with Gasteiger partial charge >= 0.3 is 22.6 Å². The molecule has 0 bridgehead atoms. The third-order valence-electron chi connectivity index (χ3n) is 18.0. The Bertz CT molecular complexity index is 4660. The molecule has 6 aromatic rings. The Labute approximate surface area is 715 Å². The number of phosphoric acid groups is 2. The maximum atomic E-state index is 13.1. The van der Waals surface area contributed by atoms with Crippen LogP contribution >= 0.6 is 68.6 Å². The molecule has 6 aromatic carbocycles. The standard InChI is InChI=1S/C28H37ClN3O7P.C26H33ClN3O7P.C26H32ClN3O4.C2H6ClO3P/c1-18(2)39-26-12-11-22(16-24(26)29)28(34)30-23(13-14-38-40(35,36-5)37-6)15-20-7-9-21(10-8-20)25-17-32(4)27(31-25)19(3)33;1-16(2)37-24-10-9-20(14-22(24)27)26(32)28-21(11-12-36-38(33,34)35)13-18-5-7-19(8-6-18)23-15-30(4)25(29-23)17(3)31;1-16(2)34-24-10-9-20(14-22(24)27)26(33)28-21(11-12-31)13-18-5-7-19(8-6-18)23-15-30(4)25(29-23)17(3)32;1-5-7(3,4)6-2/h7-12,16-18,23,27,31H,13-15H2,1-6H3,(H,30,34);5-10,14-16,21,25,29H,11-13H2,1-4H3,(H,28,32)(H2,33,34,35);5-10,14-16,21,25,29,31H,11-13H2,1-4H3,(H,28,33);1-2H3/t23-,27?;2*21-,25?;/m111./s1. The molecule has 3 unspecified atom stereocenters. The van der Waals surface area contributed by atoms with Gasteiger partial charge in [-0.25, -0.2) is 13.7 Å². The van der Waals surface area contributed by atoms with Crippen molar-refractivity contribution in [1.82, 2.24) is 46.6 Å². The highest BCUT2D eigenvalue weighted by atomic mass is 35.7. The van der Waals surface area contributed by atoms with Crippen molar-refractivity contribution in [2.75, 3.05) is 69.4 Å². The molecule has 0 aromatic heterocycles. The molecule has 3 aliphatic rings. The summed E-state index contributed by atoms with van der Waals surface area (Å²) in [5.41, 5.74) is 9.38. The van der Waals surface area contributed by atoms with Crippen LogP contribution in [0, 0.1) is 0 Å². The molecule has 9 N–H and O–H groups in total. The van der Waals surface area contributed by atoms with Crippen LogP contribution in [-0.2, 0) is 74.5 Å². The number of phosphoric ester groups is 2. The van der Waals surface area contributed by atoms with Gasteiger partial charge in [0.1, 0.15) is 17.2 Å². The Morgan fingerprint density at radius 3 is 0.933 bits per heavy atom. The summed E-state index contributed by atoms with van der Waals surface area (Å²) in [5.74, 6) is 0.629. The number of likely N-dealkylation sites (N-methyl/N-ethyl adjacent to an activating group) is 3. The van der Waals surface area contributed by atoms with Gasteiger partial charge in [0.2, 0.25) is 0 Å². The van der Waals surface area contributed by atoms with Crippen molar-refractivity contribution in [2.45, 2.75) is 156 Å². The summed E-state index contributed by atoms with van der Waals surface area (Å²) >= 11 is 23.9. The molecular weight excluding hydrogens is 1680 g/mol. The van der Waals surface area contributed by atoms with Gasteiger partial charge in [-0.05, 0) is 189 Å². The van der Waals surface area contributed by atoms with E-state index in [4.69, 9.17) is 83.6 Å².